The van der Waals surface area contributed by atoms with Crippen molar-refractivity contribution >= 4 is 5.97 Å². The second kappa shape index (κ2) is 9.16. The van der Waals surface area contributed by atoms with Gasteiger partial charge >= 0.3 is 5.97 Å². The molecule has 0 spiro atoms. The fourth-order valence-electron chi connectivity index (χ4n) is 1.13. The lowest BCUT2D eigenvalue weighted by Gasteiger charge is -2.05. The van der Waals surface area contributed by atoms with E-state index < -0.39 is 0 Å². The zero-order valence-electron chi connectivity index (χ0n) is 10.2. The van der Waals surface area contributed by atoms with E-state index in [1.54, 1.807) is 6.08 Å². The topological polar surface area (TPSA) is 46.5 Å². The van der Waals surface area contributed by atoms with Crippen molar-refractivity contribution < 1.29 is 14.6 Å². The van der Waals surface area contributed by atoms with Gasteiger partial charge in [0.15, 0.2) is 0 Å². The van der Waals surface area contributed by atoms with Gasteiger partial charge in [0.2, 0.25) is 0 Å². The van der Waals surface area contributed by atoms with Crippen LogP contribution in [0.25, 0.3) is 0 Å². The molecular formula is C13H22O3. The highest BCUT2D eigenvalue weighted by atomic mass is 16.5. The molecule has 3 heteroatoms. The number of ether oxygens (including phenoxy) is 1. The predicted octanol–water partition coefficient (Wildman–Crippen LogP) is 2.60. The smallest absolute Gasteiger partial charge is 0.306 e. The molecule has 1 N–H and O–H groups in total. The first-order valence-corrected chi connectivity index (χ1v) is 5.70. The molecule has 0 saturated heterocycles. The number of aliphatic hydroxyl groups is 1. The third kappa shape index (κ3) is 8.24. The number of esters is 1. The van der Waals surface area contributed by atoms with Crippen molar-refractivity contribution in [3.63, 3.8) is 0 Å². The minimum Gasteiger partial charge on any atom is -0.461 e. The van der Waals surface area contributed by atoms with Gasteiger partial charge in [-0.05, 0) is 26.2 Å². The SMILES string of the molecule is C=CCOC(=O)CC/C(C)=C/C[C@@H](O)CC. The highest BCUT2D eigenvalue weighted by Gasteiger charge is 2.03. The first-order chi connectivity index (χ1) is 7.60. The van der Waals surface area contributed by atoms with Crippen molar-refractivity contribution in [1.82, 2.24) is 0 Å². The molecule has 0 heterocycles. The minimum absolute atomic E-state index is 0.205. The molecule has 0 bridgehead atoms. The molecule has 0 aromatic rings. The molecule has 0 aromatic carbocycles. The highest BCUT2D eigenvalue weighted by Crippen LogP contribution is 2.08. The molecule has 0 amide bonds. The summed E-state index contributed by atoms with van der Waals surface area (Å²) in [5.74, 6) is -0.205. The van der Waals surface area contributed by atoms with Crippen molar-refractivity contribution in [2.45, 2.75) is 45.6 Å². The van der Waals surface area contributed by atoms with Gasteiger partial charge < -0.3 is 9.84 Å². The van der Waals surface area contributed by atoms with E-state index >= 15 is 0 Å². The Bertz CT molecular complexity index is 244. The zero-order valence-corrected chi connectivity index (χ0v) is 10.2. The summed E-state index contributed by atoms with van der Waals surface area (Å²) >= 11 is 0. The van der Waals surface area contributed by atoms with Crippen LogP contribution in [0.2, 0.25) is 0 Å². The second-order valence-corrected chi connectivity index (χ2v) is 3.82. The van der Waals surface area contributed by atoms with Crippen LogP contribution in [0.1, 0.15) is 39.5 Å². The fraction of sp³-hybridized carbons (Fsp3) is 0.615. The summed E-state index contributed by atoms with van der Waals surface area (Å²) in [5.41, 5.74) is 1.11. The molecule has 16 heavy (non-hydrogen) atoms. The van der Waals surface area contributed by atoms with E-state index in [1.807, 2.05) is 19.9 Å². The predicted molar refractivity (Wildman–Crippen MR) is 65.1 cm³/mol. The molecule has 0 aliphatic rings. The van der Waals surface area contributed by atoms with Crippen LogP contribution in [0.4, 0.5) is 0 Å². The Morgan fingerprint density at radius 2 is 2.19 bits per heavy atom. The number of hydrogen-bond acceptors (Lipinski definition) is 3. The van der Waals surface area contributed by atoms with E-state index in [2.05, 4.69) is 6.58 Å². The zero-order chi connectivity index (χ0) is 12.4. The van der Waals surface area contributed by atoms with Crippen molar-refractivity contribution in [2.24, 2.45) is 0 Å². The molecule has 3 nitrogen and oxygen atoms in total. The van der Waals surface area contributed by atoms with Crippen LogP contribution in [0, 0.1) is 0 Å². The molecule has 92 valence electrons. The molecule has 0 aliphatic heterocycles. The summed E-state index contributed by atoms with van der Waals surface area (Å²) in [6, 6.07) is 0. The summed E-state index contributed by atoms with van der Waals surface area (Å²) in [5, 5.41) is 9.35. The van der Waals surface area contributed by atoms with Crippen molar-refractivity contribution in [3.8, 4) is 0 Å². The first-order valence-electron chi connectivity index (χ1n) is 5.70. The third-order valence-corrected chi connectivity index (χ3v) is 2.30. The molecule has 0 saturated carbocycles. The maximum atomic E-state index is 11.2. The Hall–Kier alpha value is -1.09. The van der Waals surface area contributed by atoms with E-state index in [9.17, 15) is 9.90 Å². The maximum absolute atomic E-state index is 11.2. The average molecular weight is 226 g/mol. The summed E-state index contributed by atoms with van der Waals surface area (Å²) in [7, 11) is 0. The molecule has 0 unspecified atom stereocenters. The quantitative estimate of drug-likeness (QED) is 0.511. The number of hydrogen-bond donors (Lipinski definition) is 1. The van der Waals surface area contributed by atoms with Gasteiger partial charge in [0, 0.05) is 6.42 Å². The lowest BCUT2D eigenvalue weighted by molar-refractivity contribution is -0.142. The number of aliphatic hydroxyl groups excluding tert-OH is 1. The molecule has 0 rings (SSSR count). The van der Waals surface area contributed by atoms with Crippen LogP contribution >= 0.6 is 0 Å². The van der Waals surface area contributed by atoms with E-state index in [0.717, 1.165) is 12.0 Å². The third-order valence-electron chi connectivity index (χ3n) is 2.30. The molecular weight excluding hydrogens is 204 g/mol. The summed E-state index contributed by atoms with van der Waals surface area (Å²) in [4.78, 5) is 11.2. The van der Waals surface area contributed by atoms with Crippen molar-refractivity contribution in [3.05, 3.63) is 24.3 Å². The van der Waals surface area contributed by atoms with Crippen molar-refractivity contribution in [1.29, 1.82) is 0 Å². The Morgan fingerprint density at radius 3 is 2.75 bits per heavy atom. The first kappa shape index (κ1) is 14.9. The van der Waals surface area contributed by atoms with Crippen LogP contribution in [0.5, 0.6) is 0 Å². The number of rotatable bonds is 8. The Balaban J connectivity index is 3.74. The normalized spacial score (nSPS) is 13.3. The van der Waals surface area contributed by atoms with Crippen LogP contribution in [-0.2, 0) is 9.53 Å². The number of allylic oxidation sites excluding steroid dienone is 1. The lowest BCUT2D eigenvalue weighted by Crippen LogP contribution is -2.05. The average Bonchev–Trinajstić information content (AvgIpc) is 2.30. The van der Waals surface area contributed by atoms with Gasteiger partial charge in [-0.1, -0.05) is 31.2 Å². The molecule has 1 atom stereocenters. The van der Waals surface area contributed by atoms with Gasteiger partial charge in [0.1, 0.15) is 6.61 Å². The van der Waals surface area contributed by atoms with Crippen LogP contribution in [0.15, 0.2) is 24.3 Å². The summed E-state index contributed by atoms with van der Waals surface area (Å²) < 4.78 is 4.85. The molecule has 0 aliphatic carbocycles. The van der Waals surface area contributed by atoms with E-state index in [1.165, 1.54) is 0 Å². The van der Waals surface area contributed by atoms with Crippen LogP contribution in [-0.4, -0.2) is 23.8 Å². The van der Waals surface area contributed by atoms with Gasteiger partial charge in [-0.15, -0.1) is 0 Å². The number of carbonyl (C=O) groups is 1. The van der Waals surface area contributed by atoms with Gasteiger partial charge in [0.25, 0.3) is 0 Å². The molecule has 0 aromatic heterocycles. The van der Waals surface area contributed by atoms with Crippen LogP contribution in [0.3, 0.4) is 0 Å². The summed E-state index contributed by atoms with van der Waals surface area (Å²) in [6.45, 7) is 7.65. The van der Waals surface area contributed by atoms with E-state index in [0.29, 0.717) is 19.3 Å². The second-order valence-electron chi connectivity index (χ2n) is 3.82. The van der Waals surface area contributed by atoms with Gasteiger partial charge in [-0.3, -0.25) is 4.79 Å². The van der Waals surface area contributed by atoms with Gasteiger partial charge in [0.05, 0.1) is 6.10 Å². The van der Waals surface area contributed by atoms with E-state index in [4.69, 9.17) is 4.74 Å². The molecule has 0 fully saturated rings. The largest absolute Gasteiger partial charge is 0.461 e. The number of carbonyl (C=O) groups excluding carboxylic acids is 1. The maximum Gasteiger partial charge on any atom is 0.306 e. The fourth-order valence-corrected chi connectivity index (χ4v) is 1.13. The monoisotopic (exact) mass is 226 g/mol. The van der Waals surface area contributed by atoms with Gasteiger partial charge in [-0.2, -0.15) is 0 Å². The standard InChI is InChI=1S/C13H22O3/c1-4-10-16-13(15)9-7-11(3)6-8-12(14)5-2/h4,6,12,14H,1,5,7-10H2,2-3H3/b11-6+/t12-/m0/s1. The highest BCUT2D eigenvalue weighted by molar-refractivity contribution is 5.69. The van der Waals surface area contributed by atoms with Crippen LogP contribution < -0.4 is 0 Å². The van der Waals surface area contributed by atoms with Crippen molar-refractivity contribution in [2.75, 3.05) is 6.61 Å². The Kier molecular flexibility index (Phi) is 8.53. The Morgan fingerprint density at radius 1 is 1.50 bits per heavy atom. The Labute approximate surface area is 97.8 Å². The minimum atomic E-state index is -0.275. The summed E-state index contributed by atoms with van der Waals surface area (Å²) in [6.07, 6.45) is 5.75. The van der Waals surface area contributed by atoms with E-state index in [-0.39, 0.29) is 18.7 Å². The lowest BCUT2D eigenvalue weighted by atomic mass is 10.1. The molecule has 0 radical (unpaired) electrons. The van der Waals surface area contributed by atoms with Gasteiger partial charge in [-0.25, -0.2) is 0 Å².